The number of carbonyl (C=O) groups is 2. The Morgan fingerprint density at radius 2 is 1.67 bits per heavy atom. The molecule has 0 radical (unpaired) electrons. The summed E-state index contributed by atoms with van der Waals surface area (Å²) in [6.07, 6.45) is -0.0640. The van der Waals surface area contributed by atoms with Crippen molar-refractivity contribution < 1.29 is 36.3 Å². The average molecular weight is 345 g/mol. The molecule has 0 unspecified atom stereocenters. The first-order chi connectivity index (χ1) is 9.11. The summed E-state index contributed by atoms with van der Waals surface area (Å²) in [5.74, 6) is -2.53. The van der Waals surface area contributed by atoms with Crippen molar-refractivity contribution in [1.82, 2.24) is 4.72 Å². The van der Waals surface area contributed by atoms with Crippen LogP contribution in [-0.2, 0) is 34.2 Å². The first kappa shape index (κ1) is 19.8. The summed E-state index contributed by atoms with van der Waals surface area (Å²) in [7, 11) is -8.27. The molecule has 0 aromatic heterocycles. The summed E-state index contributed by atoms with van der Waals surface area (Å²) in [6, 6.07) is -1.80. The van der Waals surface area contributed by atoms with Gasteiger partial charge in [0, 0.05) is 6.26 Å². The van der Waals surface area contributed by atoms with Crippen molar-refractivity contribution in [3.8, 4) is 0 Å². The van der Waals surface area contributed by atoms with E-state index in [1.807, 2.05) is 0 Å². The average Bonchev–Trinajstić information content (AvgIpc) is 2.07. The van der Waals surface area contributed by atoms with Gasteiger partial charge >= 0.3 is 11.9 Å². The van der Waals surface area contributed by atoms with Gasteiger partial charge in [0.25, 0.3) is 0 Å². The number of aliphatic carboxylic acids is 1. The fourth-order valence-electron chi connectivity index (χ4n) is 1.26. The largest absolute Gasteiger partial charge is 0.480 e. The summed E-state index contributed by atoms with van der Waals surface area (Å²) in [5, 5.41) is 7.63. The molecule has 0 heterocycles. The first-order valence-corrected chi connectivity index (χ1v) is 9.45. The number of carbonyl (C=O) groups excluding carboxylic acids is 1. The summed E-state index contributed by atoms with van der Waals surface area (Å²) in [5.41, 5.74) is -0.855. The maximum Gasteiger partial charge on any atom is 0.322 e. The van der Waals surface area contributed by atoms with Gasteiger partial charge in [-0.05, 0) is 20.8 Å². The van der Waals surface area contributed by atoms with Crippen LogP contribution in [0, 0.1) is 0 Å². The standard InChI is InChI=1S/C10H19NO8S2/c1-10(2,3)19-8(12)5-7(9(13)14)11-21(17,18)6-20(4,15)16/h7,11H,5-6H2,1-4H3,(H,13,14)/t7-/m0/s1. The Balaban J connectivity index is 4.95. The second kappa shape index (κ2) is 6.71. The number of nitrogens with one attached hydrogen (secondary N) is 1. The molecule has 21 heavy (non-hydrogen) atoms. The molecule has 1 atom stereocenters. The van der Waals surface area contributed by atoms with E-state index in [1.54, 1.807) is 25.5 Å². The summed E-state index contributed by atoms with van der Waals surface area (Å²) < 4.78 is 51.5. The molecule has 0 saturated heterocycles. The summed E-state index contributed by atoms with van der Waals surface area (Å²) in [4.78, 5) is 22.5. The summed E-state index contributed by atoms with van der Waals surface area (Å²) in [6.45, 7) is 4.69. The van der Waals surface area contributed by atoms with Crippen molar-refractivity contribution >= 4 is 31.8 Å². The van der Waals surface area contributed by atoms with Crippen molar-refractivity contribution in [2.45, 2.75) is 38.8 Å². The van der Waals surface area contributed by atoms with Gasteiger partial charge in [-0.1, -0.05) is 0 Å². The lowest BCUT2D eigenvalue weighted by Crippen LogP contribution is -2.44. The van der Waals surface area contributed by atoms with Crippen molar-refractivity contribution in [3.63, 3.8) is 0 Å². The fraction of sp³-hybridized carbons (Fsp3) is 0.800. The SMILES string of the molecule is CC(C)(C)OC(=O)C[C@H](NS(=O)(=O)CS(C)(=O)=O)C(=O)O. The normalized spacial score (nSPS) is 14.5. The van der Waals surface area contributed by atoms with Gasteiger partial charge in [-0.25, -0.2) is 16.8 Å². The van der Waals surface area contributed by atoms with Crippen LogP contribution in [0.5, 0.6) is 0 Å². The van der Waals surface area contributed by atoms with Crippen LogP contribution in [0.2, 0.25) is 0 Å². The van der Waals surface area contributed by atoms with E-state index >= 15 is 0 Å². The zero-order valence-electron chi connectivity index (χ0n) is 12.1. The van der Waals surface area contributed by atoms with Gasteiger partial charge in [-0.15, -0.1) is 0 Å². The Bertz CT molecular complexity index is 599. The van der Waals surface area contributed by atoms with E-state index in [9.17, 15) is 26.4 Å². The second-order valence-corrected chi connectivity index (χ2v) is 9.72. The molecule has 0 aromatic carbocycles. The van der Waals surface area contributed by atoms with Crippen molar-refractivity contribution in [1.29, 1.82) is 0 Å². The highest BCUT2D eigenvalue weighted by Gasteiger charge is 2.30. The molecule has 2 N–H and O–H groups in total. The minimum absolute atomic E-state index is 0.690. The van der Waals surface area contributed by atoms with Crippen LogP contribution in [0.1, 0.15) is 27.2 Å². The molecule has 0 amide bonds. The van der Waals surface area contributed by atoms with Crippen LogP contribution in [0.25, 0.3) is 0 Å². The molecular weight excluding hydrogens is 326 g/mol. The molecule has 9 nitrogen and oxygen atoms in total. The van der Waals surface area contributed by atoms with E-state index in [2.05, 4.69) is 0 Å². The van der Waals surface area contributed by atoms with Crippen LogP contribution >= 0.6 is 0 Å². The third-order valence-electron chi connectivity index (χ3n) is 1.78. The second-order valence-electron chi connectivity index (χ2n) is 5.46. The molecule has 0 aromatic rings. The van der Waals surface area contributed by atoms with Crippen LogP contribution in [-0.4, -0.2) is 56.9 Å². The Hall–Kier alpha value is -1.20. The Morgan fingerprint density at radius 3 is 2.00 bits per heavy atom. The number of sulfone groups is 1. The Kier molecular flexibility index (Phi) is 6.32. The fourth-order valence-corrected chi connectivity index (χ4v) is 4.41. The molecule has 0 rings (SSSR count). The zero-order valence-corrected chi connectivity index (χ0v) is 13.7. The molecule has 0 bridgehead atoms. The third kappa shape index (κ3) is 10.2. The number of rotatable bonds is 7. The smallest absolute Gasteiger partial charge is 0.322 e. The zero-order chi connectivity index (χ0) is 17.1. The van der Waals surface area contributed by atoms with E-state index in [0.29, 0.717) is 6.26 Å². The van der Waals surface area contributed by atoms with Gasteiger partial charge in [0.15, 0.2) is 14.9 Å². The quantitative estimate of drug-likeness (QED) is 0.564. The first-order valence-electron chi connectivity index (χ1n) is 5.74. The number of ether oxygens (including phenoxy) is 1. The molecule has 124 valence electrons. The van der Waals surface area contributed by atoms with Gasteiger partial charge in [0.1, 0.15) is 11.6 Å². The number of hydrogen-bond acceptors (Lipinski definition) is 7. The highest BCUT2D eigenvalue weighted by Crippen LogP contribution is 2.10. The minimum Gasteiger partial charge on any atom is -0.480 e. The predicted molar refractivity (Wildman–Crippen MR) is 73.7 cm³/mol. The maximum atomic E-state index is 11.5. The summed E-state index contributed by atoms with van der Waals surface area (Å²) >= 11 is 0. The molecule has 0 spiro atoms. The Morgan fingerprint density at radius 1 is 1.19 bits per heavy atom. The van der Waals surface area contributed by atoms with E-state index in [-0.39, 0.29) is 0 Å². The predicted octanol–water partition coefficient (Wildman–Crippen LogP) is -0.907. The van der Waals surface area contributed by atoms with Gasteiger partial charge in [-0.2, -0.15) is 4.72 Å². The molecule has 11 heteroatoms. The molecule has 0 fully saturated rings. The number of carboxylic acids is 1. The van der Waals surface area contributed by atoms with E-state index in [0.717, 1.165) is 0 Å². The van der Waals surface area contributed by atoms with Gasteiger partial charge in [0.05, 0.1) is 6.42 Å². The van der Waals surface area contributed by atoms with Crippen LogP contribution in [0.4, 0.5) is 0 Å². The van der Waals surface area contributed by atoms with Gasteiger partial charge in [-0.3, -0.25) is 9.59 Å². The number of esters is 1. The van der Waals surface area contributed by atoms with E-state index in [4.69, 9.17) is 9.84 Å². The van der Waals surface area contributed by atoms with Crippen LogP contribution in [0.15, 0.2) is 0 Å². The van der Waals surface area contributed by atoms with Crippen molar-refractivity contribution in [3.05, 3.63) is 0 Å². The third-order valence-corrected chi connectivity index (χ3v) is 5.38. The molecule has 0 aliphatic heterocycles. The van der Waals surface area contributed by atoms with Gasteiger partial charge in [0.2, 0.25) is 10.0 Å². The maximum absolute atomic E-state index is 11.5. The lowest BCUT2D eigenvalue weighted by molar-refractivity contribution is -0.158. The van der Waals surface area contributed by atoms with Crippen LogP contribution in [0.3, 0.4) is 0 Å². The lowest BCUT2D eigenvalue weighted by Gasteiger charge is -2.21. The van der Waals surface area contributed by atoms with E-state index in [1.165, 1.54) is 0 Å². The van der Waals surface area contributed by atoms with Crippen molar-refractivity contribution in [2.24, 2.45) is 0 Å². The lowest BCUT2D eigenvalue weighted by atomic mass is 10.2. The van der Waals surface area contributed by atoms with Gasteiger partial charge < -0.3 is 9.84 Å². The number of carboxylic acid groups (broad SMARTS) is 1. The molecule has 0 aliphatic rings. The molecule has 0 aliphatic carbocycles. The van der Waals surface area contributed by atoms with Crippen molar-refractivity contribution in [2.75, 3.05) is 11.3 Å². The number of sulfonamides is 1. The highest BCUT2D eigenvalue weighted by molar-refractivity contribution is 8.06. The monoisotopic (exact) mass is 345 g/mol. The Labute approximate surface area is 123 Å². The molecular formula is C10H19NO8S2. The van der Waals surface area contributed by atoms with Crippen LogP contribution < -0.4 is 4.72 Å². The minimum atomic E-state index is -4.40. The number of hydrogen-bond donors (Lipinski definition) is 2. The molecule has 0 saturated carbocycles. The topological polar surface area (TPSA) is 144 Å². The van der Waals surface area contributed by atoms with E-state index < -0.39 is 54.9 Å². The highest BCUT2D eigenvalue weighted by atomic mass is 32.3.